The standard InChI is InChI=1S/C15H12Br2ClFO/c1-2-20-10-4-5-11(12(16)8-10)15(17)9-3-6-13(18)14(19)7-9/h3-8,15H,2H2,1H3. The van der Waals surface area contributed by atoms with Crippen LogP contribution in [0.15, 0.2) is 40.9 Å². The van der Waals surface area contributed by atoms with E-state index in [1.807, 2.05) is 25.1 Å². The second-order valence-electron chi connectivity index (χ2n) is 4.15. The van der Waals surface area contributed by atoms with Gasteiger partial charge in [0.05, 0.1) is 16.5 Å². The molecule has 0 saturated heterocycles. The molecule has 0 heterocycles. The van der Waals surface area contributed by atoms with Gasteiger partial charge in [-0.15, -0.1) is 0 Å². The third-order valence-electron chi connectivity index (χ3n) is 2.79. The Morgan fingerprint density at radius 2 is 2.00 bits per heavy atom. The molecule has 1 nitrogen and oxygen atoms in total. The number of halogens is 4. The molecule has 20 heavy (non-hydrogen) atoms. The molecule has 0 aromatic heterocycles. The van der Waals surface area contributed by atoms with Gasteiger partial charge in [-0.25, -0.2) is 4.39 Å². The molecule has 0 aliphatic heterocycles. The molecule has 2 aromatic carbocycles. The number of ether oxygens (including phenoxy) is 1. The summed E-state index contributed by atoms with van der Waals surface area (Å²) < 4.78 is 19.9. The summed E-state index contributed by atoms with van der Waals surface area (Å²) in [6.07, 6.45) is 0. The lowest BCUT2D eigenvalue weighted by Crippen LogP contribution is -1.97. The molecule has 2 aromatic rings. The van der Waals surface area contributed by atoms with Crippen LogP contribution in [0.25, 0.3) is 0 Å². The minimum Gasteiger partial charge on any atom is -0.494 e. The molecule has 0 bridgehead atoms. The first-order valence-corrected chi connectivity index (χ1v) is 8.13. The molecular weight excluding hydrogens is 410 g/mol. The van der Waals surface area contributed by atoms with Crippen molar-refractivity contribution in [3.8, 4) is 5.75 Å². The largest absolute Gasteiger partial charge is 0.494 e. The molecular formula is C15H12Br2ClFO. The predicted molar refractivity (Wildman–Crippen MR) is 87.5 cm³/mol. The lowest BCUT2D eigenvalue weighted by Gasteiger charge is -2.14. The van der Waals surface area contributed by atoms with Crippen molar-refractivity contribution in [3.63, 3.8) is 0 Å². The molecule has 0 amide bonds. The van der Waals surface area contributed by atoms with Gasteiger partial charge in [0.1, 0.15) is 11.6 Å². The van der Waals surface area contributed by atoms with Gasteiger partial charge in [0.2, 0.25) is 0 Å². The monoisotopic (exact) mass is 420 g/mol. The normalized spacial score (nSPS) is 12.2. The lowest BCUT2D eigenvalue weighted by atomic mass is 10.0. The van der Waals surface area contributed by atoms with Crippen LogP contribution in [0.5, 0.6) is 5.75 Å². The Morgan fingerprint density at radius 1 is 1.25 bits per heavy atom. The van der Waals surface area contributed by atoms with Gasteiger partial charge < -0.3 is 4.74 Å². The van der Waals surface area contributed by atoms with Crippen LogP contribution in [0.2, 0.25) is 5.02 Å². The number of alkyl halides is 1. The number of hydrogen-bond acceptors (Lipinski definition) is 1. The molecule has 0 saturated carbocycles. The van der Waals surface area contributed by atoms with E-state index in [2.05, 4.69) is 31.9 Å². The van der Waals surface area contributed by atoms with Gasteiger partial charge in [0.25, 0.3) is 0 Å². The summed E-state index contributed by atoms with van der Waals surface area (Å²) in [7, 11) is 0. The SMILES string of the molecule is CCOc1ccc(C(Br)c2ccc(Cl)c(F)c2)c(Br)c1. The van der Waals surface area contributed by atoms with Crippen LogP contribution in [-0.2, 0) is 0 Å². The first-order chi connectivity index (χ1) is 9.52. The summed E-state index contributed by atoms with van der Waals surface area (Å²) in [6.45, 7) is 2.55. The quantitative estimate of drug-likeness (QED) is 0.539. The Kier molecular flexibility index (Phi) is 5.47. The smallest absolute Gasteiger partial charge is 0.142 e. The van der Waals surface area contributed by atoms with Crippen LogP contribution in [-0.4, -0.2) is 6.61 Å². The van der Waals surface area contributed by atoms with Crippen molar-refractivity contribution in [2.24, 2.45) is 0 Å². The van der Waals surface area contributed by atoms with E-state index in [0.29, 0.717) is 6.61 Å². The summed E-state index contributed by atoms with van der Waals surface area (Å²) in [4.78, 5) is -0.126. The van der Waals surface area contributed by atoms with Gasteiger partial charge in [-0.3, -0.25) is 0 Å². The maximum absolute atomic E-state index is 13.5. The lowest BCUT2D eigenvalue weighted by molar-refractivity contribution is 0.340. The zero-order valence-electron chi connectivity index (χ0n) is 10.7. The van der Waals surface area contributed by atoms with Gasteiger partial charge in [-0.2, -0.15) is 0 Å². The molecule has 0 aliphatic rings. The van der Waals surface area contributed by atoms with E-state index in [-0.39, 0.29) is 9.85 Å². The van der Waals surface area contributed by atoms with Gasteiger partial charge in [-0.1, -0.05) is 55.6 Å². The van der Waals surface area contributed by atoms with Crippen molar-refractivity contribution in [1.82, 2.24) is 0 Å². The number of hydrogen-bond donors (Lipinski definition) is 0. The average Bonchev–Trinajstić information content (AvgIpc) is 2.42. The van der Waals surface area contributed by atoms with Crippen molar-refractivity contribution in [2.45, 2.75) is 11.8 Å². The number of benzene rings is 2. The second-order valence-corrected chi connectivity index (χ2v) is 6.33. The van der Waals surface area contributed by atoms with Crippen molar-refractivity contribution in [2.75, 3.05) is 6.61 Å². The zero-order valence-corrected chi connectivity index (χ0v) is 14.6. The molecule has 0 fully saturated rings. The summed E-state index contributed by atoms with van der Waals surface area (Å²) in [5, 5.41) is 0.124. The molecule has 0 N–H and O–H groups in total. The van der Waals surface area contributed by atoms with E-state index < -0.39 is 5.82 Å². The van der Waals surface area contributed by atoms with Crippen LogP contribution in [0.1, 0.15) is 22.9 Å². The van der Waals surface area contributed by atoms with Gasteiger partial charge in [0.15, 0.2) is 0 Å². The third kappa shape index (κ3) is 3.54. The van der Waals surface area contributed by atoms with Crippen LogP contribution < -0.4 is 4.74 Å². The maximum Gasteiger partial charge on any atom is 0.142 e. The highest BCUT2D eigenvalue weighted by molar-refractivity contribution is 9.11. The maximum atomic E-state index is 13.5. The highest BCUT2D eigenvalue weighted by Gasteiger charge is 2.15. The van der Waals surface area contributed by atoms with E-state index >= 15 is 0 Å². The first kappa shape index (κ1) is 15.8. The zero-order chi connectivity index (χ0) is 14.7. The van der Waals surface area contributed by atoms with E-state index in [1.54, 1.807) is 12.1 Å². The highest BCUT2D eigenvalue weighted by atomic mass is 79.9. The first-order valence-electron chi connectivity index (χ1n) is 6.04. The summed E-state index contributed by atoms with van der Waals surface area (Å²) in [5.41, 5.74) is 1.80. The molecule has 106 valence electrons. The predicted octanol–water partition coefficient (Wildman–Crippen LogP) is 6.12. The molecule has 2 rings (SSSR count). The Hall–Kier alpha value is -0.580. The minimum atomic E-state index is -0.421. The fraction of sp³-hybridized carbons (Fsp3) is 0.200. The van der Waals surface area contributed by atoms with Crippen LogP contribution in [0.4, 0.5) is 4.39 Å². The van der Waals surface area contributed by atoms with Crippen molar-refractivity contribution < 1.29 is 9.13 Å². The molecule has 0 radical (unpaired) electrons. The van der Waals surface area contributed by atoms with E-state index in [9.17, 15) is 4.39 Å². The topological polar surface area (TPSA) is 9.23 Å². The fourth-order valence-electron chi connectivity index (χ4n) is 1.82. The minimum absolute atomic E-state index is 0.124. The van der Waals surface area contributed by atoms with Crippen molar-refractivity contribution in [1.29, 1.82) is 0 Å². The average molecular weight is 423 g/mol. The van der Waals surface area contributed by atoms with Crippen LogP contribution in [0.3, 0.4) is 0 Å². The molecule has 1 atom stereocenters. The Morgan fingerprint density at radius 3 is 2.60 bits per heavy atom. The second kappa shape index (κ2) is 6.92. The van der Waals surface area contributed by atoms with Crippen LogP contribution in [0, 0.1) is 5.82 Å². The molecule has 0 spiro atoms. The van der Waals surface area contributed by atoms with Gasteiger partial charge in [-0.05, 0) is 42.3 Å². The highest BCUT2D eigenvalue weighted by Crippen LogP contribution is 2.37. The van der Waals surface area contributed by atoms with Crippen LogP contribution >= 0.6 is 43.5 Å². The van der Waals surface area contributed by atoms with E-state index in [0.717, 1.165) is 21.3 Å². The Labute approximate surface area is 139 Å². The Balaban J connectivity index is 2.32. The number of rotatable bonds is 4. The molecule has 0 aliphatic carbocycles. The molecule has 1 unspecified atom stereocenters. The fourth-order valence-corrected chi connectivity index (χ4v) is 3.51. The van der Waals surface area contributed by atoms with E-state index in [1.165, 1.54) is 6.07 Å². The van der Waals surface area contributed by atoms with Gasteiger partial charge >= 0.3 is 0 Å². The summed E-state index contributed by atoms with van der Waals surface area (Å²) in [6, 6.07) is 10.5. The van der Waals surface area contributed by atoms with Gasteiger partial charge in [0, 0.05) is 4.47 Å². The summed E-state index contributed by atoms with van der Waals surface area (Å²) in [5.74, 6) is 0.376. The van der Waals surface area contributed by atoms with Crippen molar-refractivity contribution >= 4 is 43.5 Å². The van der Waals surface area contributed by atoms with Crippen molar-refractivity contribution in [3.05, 3.63) is 62.8 Å². The Bertz CT molecular complexity index is 619. The van der Waals surface area contributed by atoms with E-state index in [4.69, 9.17) is 16.3 Å². The molecule has 5 heteroatoms. The third-order valence-corrected chi connectivity index (χ3v) is 4.81. The summed E-state index contributed by atoms with van der Waals surface area (Å²) >= 11 is 12.8.